The SMILES string of the molecule is N[C@@H](Cc1ccccc1)C(=O)N[C@H]1CCCCNC(=O)CCNC(=O)[C@H](Cc2c(SCCO)[nH]c3ccccc23)NC1=O. The van der Waals surface area contributed by atoms with Crippen molar-refractivity contribution in [3.8, 4) is 0 Å². The average molecular weight is 609 g/mol. The summed E-state index contributed by atoms with van der Waals surface area (Å²) in [6, 6.07) is 14.3. The van der Waals surface area contributed by atoms with Crippen LogP contribution in [0.15, 0.2) is 59.6 Å². The maximum absolute atomic E-state index is 13.7. The molecule has 1 aliphatic rings. The molecule has 1 aromatic heterocycles. The number of benzene rings is 2. The minimum absolute atomic E-state index is 0.0179. The zero-order valence-corrected chi connectivity index (χ0v) is 24.9. The lowest BCUT2D eigenvalue weighted by Gasteiger charge is -2.25. The maximum atomic E-state index is 13.7. The number of thioether (sulfide) groups is 1. The van der Waals surface area contributed by atoms with Crippen molar-refractivity contribution in [1.82, 2.24) is 26.3 Å². The van der Waals surface area contributed by atoms with Gasteiger partial charge in [0.2, 0.25) is 23.6 Å². The van der Waals surface area contributed by atoms with Gasteiger partial charge in [-0.05, 0) is 42.9 Å². The van der Waals surface area contributed by atoms with E-state index in [1.54, 1.807) is 0 Å². The minimum atomic E-state index is -0.983. The number of aliphatic hydroxyl groups is 1. The molecule has 12 heteroatoms. The zero-order chi connectivity index (χ0) is 30.6. The smallest absolute Gasteiger partial charge is 0.243 e. The topological polar surface area (TPSA) is 178 Å². The number of rotatable bonds is 9. The summed E-state index contributed by atoms with van der Waals surface area (Å²) in [5.74, 6) is -1.10. The van der Waals surface area contributed by atoms with E-state index in [0.29, 0.717) is 38.0 Å². The summed E-state index contributed by atoms with van der Waals surface area (Å²) in [6.07, 6.45) is 2.09. The summed E-state index contributed by atoms with van der Waals surface area (Å²) in [4.78, 5) is 55.8. The summed E-state index contributed by atoms with van der Waals surface area (Å²) in [5.41, 5.74) is 8.82. The maximum Gasteiger partial charge on any atom is 0.243 e. The second-order valence-corrected chi connectivity index (χ2v) is 11.7. The number of aliphatic hydroxyl groups excluding tert-OH is 1. The summed E-state index contributed by atoms with van der Waals surface area (Å²) < 4.78 is 0. The third-order valence-electron chi connectivity index (χ3n) is 7.31. The Morgan fingerprint density at radius 1 is 1.00 bits per heavy atom. The van der Waals surface area contributed by atoms with E-state index in [0.717, 1.165) is 27.1 Å². The van der Waals surface area contributed by atoms with Crippen LogP contribution in [0.1, 0.15) is 36.8 Å². The van der Waals surface area contributed by atoms with Crippen LogP contribution in [0.5, 0.6) is 0 Å². The predicted octanol–water partition coefficient (Wildman–Crippen LogP) is 1.14. The number of amides is 4. The van der Waals surface area contributed by atoms with Gasteiger partial charge in [0.1, 0.15) is 12.1 Å². The molecule has 1 fully saturated rings. The number of carbonyl (C=O) groups is 4. The summed E-state index contributed by atoms with van der Waals surface area (Å²) >= 11 is 1.43. The van der Waals surface area contributed by atoms with Gasteiger partial charge in [-0.3, -0.25) is 19.2 Å². The number of carbonyl (C=O) groups excluding carboxylic acids is 4. The Labute approximate surface area is 255 Å². The first-order valence-corrected chi connectivity index (χ1v) is 15.6. The monoisotopic (exact) mass is 608 g/mol. The van der Waals surface area contributed by atoms with Gasteiger partial charge in [-0.15, -0.1) is 11.8 Å². The molecular formula is C31H40N6O5S. The number of nitrogens with two attached hydrogens (primary N) is 1. The van der Waals surface area contributed by atoms with Crippen LogP contribution in [0.4, 0.5) is 0 Å². The molecule has 0 aliphatic carbocycles. The van der Waals surface area contributed by atoms with E-state index in [2.05, 4.69) is 26.3 Å². The van der Waals surface area contributed by atoms with Gasteiger partial charge in [0.15, 0.2) is 0 Å². The van der Waals surface area contributed by atoms with Crippen LogP contribution in [-0.2, 0) is 32.0 Å². The number of H-pyrrole nitrogens is 1. The number of aromatic amines is 1. The molecule has 0 unspecified atom stereocenters. The van der Waals surface area contributed by atoms with Crippen molar-refractivity contribution in [2.45, 2.75) is 61.7 Å². The standard InChI is InChI=1S/C31H40N6O5S/c32-23(18-20-8-2-1-3-9-20)28(40)35-25-12-6-7-14-33-27(39)13-15-34-29(41)26(36-30(25)42)19-22-21-10-4-5-11-24(21)37-31(22)43-17-16-38/h1-5,8-11,23,25-26,37-38H,6-7,12-19,32H2,(H,33,39)(H,34,41)(H,35,40)(H,36,42)/t23-,25-,26-/m0/s1. The van der Waals surface area contributed by atoms with E-state index in [1.807, 2.05) is 54.6 Å². The fourth-order valence-electron chi connectivity index (χ4n) is 5.05. The Balaban J connectivity index is 1.57. The predicted molar refractivity (Wildman–Crippen MR) is 166 cm³/mol. The molecule has 3 atom stereocenters. The minimum Gasteiger partial charge on any atom is -0.396 e. The van der Waals surface area contributed by atoms with Gasteiger partial charge in [0, 0.05) is 42.6 Å². The van der Waals surface area contributed by atoms with Crippen LogP contribution in [-0.4, -0.2) is 77.3 Å². The highest BCUT2D eigenvalue weighted by Gasteiger charge is 2.30. The molecule has 0 radical (unpaired) electrons. The van der Waals surface area contributed by atoms with Crippen LogP contribution >= 0.6 is 11.8 Å². The van der Waals surface area contributed by atoms with E-state index in [4.69, 9.17) is 5.73 Å². The van der Waals surface area contributed by atoms with Gasteiger partial charge < -0.3 is 37.1 Å². The van der Waals surface area contributed by atoms with E-state index in [1.165, 1.54) is 11.8 Å². The molecule has 8 N–H and O–H groups in total. The van der Waals surface area contributed by atoms with E-state index in [-0.39, 0.29) is 31.9 Å². The third kappa shape index (κ3) is 9.31. The van der Waals surface area contributed by atoms with Gasteiger partial charge in [-0.25, -0.2) is 0 Å². The number of hydrogen-bond donors (Lipinski definition) is 7. The quantitative estimate of drug-likeness (QED) is 0.178. The van der Waals surface area contributed by atoms with E-state index >= 15 is 0 Å². The van der Waals surface area contributed by atoms with E-state index < -0.39 is 35.8 Å². The highest BCUT2D eigenvalue weighted by Crippen LogP contribution is 2.30. The summed E-state index contributed by atoms with van der Waals surface area (Å²) in [6.45, 7) is 0.529. The lowest BCUT2D eigenvalue weighted by atomic mass is 10.0. The molecule has 43 heavy (non-hydrogen) atoms. The Morgan fingerprint density at radius 3 is 2.56 bits per heavy atom. The van der Waals surface area contributed by atoms with Crippen LogP contribution in [0.25, 0.3) is 10.9 Å². The highest BCUT2D eigenvalue weighted by molar-refractivity contribution is 7.99. The molecule has 0 bridgehead atoms. The zero-order valence-electron chi connectivity index (χ0n) is 24.1. The first-order chi connectivity index (χ1) is 20.9. The number of fused-ring (bicyclic) bond motifs is 1. The van der Waals surface area contributed by atoms with Crippen molar-refractivity contribution >= 4 is 46.3 Å². The fraction of sp³-hybridized carbons (Fsp3) is 0.419. The molecule has 2 aromatic carbocycles. The van der Waals surface area contributed by atoms with E-state index in [9.17, 15) is 24.3 Å². The van der Waals surface area contributed by atoms with Crippen molar-refractivity contribution in [3.05, 3.63) is 65.7 Å². The van der Waals surface area contributed by atoms with Crippen molar-refractivity contribution in [1.29, 1.82) is 0 Å². The third-order valence-corrected chi connectivity index (χ3v) is 8.34. The van der Waals surface area contributed by atoms with Crippen LogP contribution in [0.3, 0.4) is 0 Å². The number of nitrogens with one attached hydrogen (secondary N) is 5. The van der Waals surface area contributed by atoms with Crippen molar-refractivity contribution in [3.63, 3.8) is 0 Å². The first-order valence-electron chi connectivity index (χ1n) is 14.6. The molecule has 4 amide bonds. The molecule has 11 nitrogen and oxygen atoms in total. The molecule has 3 aromatic rings. The molecular weight excluding hydrogens is 568 g/mol. The normalized spacial score (nSPS) is 19.5. The molecule has 0 saturated carbocycles. The van der Waals surface area contributed by atoms with Crippen LogP contribution < -0.4 is 27.0 Å². The first kappa shape index (κ1) is 32.1. The van der Waals surface area contributed by atoms with Gasteiger partial charge in [0.05, 0.1) is 17.7 Å². The van der Waals surface area contributed by atoms with Gasteiger partial charge >= 0.3 is 0 Å². The second kappa shape index (κ2) is 16.1. The Kier molecular flexibility index (Phi) is 12.0. The van der Waals surface area contributed by atoms with Crippen molar-refractivity contribution in [2.24, 2.45) is 5.73 Å². The van der Waals surface area contributed by atoms with Crippen molar-refractivity contribution < 1.29 is 24.3 Å². The lowest BCUT2D eigenvalue weighted by molar-refractivity contribution is -0.132. The molecule has 1 saturated heterocycles. The number of aromatic nitrogens is 1. The highest BCUT2D eigenvalue weighted by atomic mass is 32.2. The largest absolute Gasteiger partial charge is 0.396 e. The molecule has 0 spiro atoms. The molecule has 2 heterocycles. The summed E-state index contributed by atoms with van der Waals surface area (Å²) in [7, 11) is 0. The Hall–Kier alpha value is -3.87. The lowest BCUT2D eigenvalue weighted by Crippen LogP contribution is -2.56. The van der Waals surface area contributed by atoms with Crippen LogP contribution in [0.2, 0.25) is 0 Å². The Bertz CT molecular complexity index is 1400. The van der Waals surface area contributed by atoms with Gasteiger partial charge in [0.25, 0.3) is 0 Å². The summed E-state index contributed by atoms with van der Waals surface area (Å²) in [5, 5.41) is 22.4. The number of hydrogen-bond acceptors (Lipinski definition) is 7. The molecule has 1 aliphatic heterocycles. The van der Waals surface area contributed by atoms with Crippen molar-refractivity contribution in [2.75, 3.05) is 25.4 Å². The second-order valence-electron chi connectivity index (χ2n) is 10.6. The van der Waals surface area contributed by atoms with Crippen LogP contribution in [0, 0.1) is 0 Å². The van der Waals surface area contributed by atoms with Gasteiger partial charge in [-0.1, -0.05) is 48.5 Å². The molecule has 230 valence electrons. The molecule has 4 rings (SSSR count). The Morgan fingerprint density at radius 2 is 1.77 bits per heavy atom. The number of para-hydroxylation sites is 1. The average Bonchev–Trinajstić information content (AvgIpc) is 3.35. The van der Waals surface area contributed by atoms with Gasteiger partial charge in [-0.2, -0.15) is 0 Å². The fourth-order valence-corrected chi connectivity index (χ4v) is 5.90.